The van der Waals surface area contributed by atoms with Gasteiger partial charge >= 0.3 is 0 Å². The van der Waals surface area contributed by atoms with Crippen LogP contribution in [0, 0.1) is 17.8 Å². The van der Waals surface area contributed by atoms with Gasteiger partial charge in [0.1, 0.15) is 6.26 Å². The highest BCUT2D eigenvalue weighted by Crippen LogP contribution is 2.49. The smallest absolute Gasteiger partial charge is 0.227 e. The second-order valence-corrected chi connectivity index (χ2v) is 6.57. The van der Waals surface area contributed by atoms with Crippen LogP contribution in [0.5, 0.6) is 0 Å². The summed E-state index contributed by atoms with van der Waals surface area (Å²) in [6.45, 7) is 0. The van der Waals surface area contributed by atoms with Gasteiger partial charge in [0.05, 0.1) is 17.4 Å². The van der Waals surface area contributed by atoms with Gasteiger partial charge in [0.2, 0.25) is 11.8 Å². The number of oxazole rings is 1. The minimum absolute atomic E-state index is 0.108. The molecule has 0 spiro atoms. The van der Waals surface area contributed by atoms with Crippen LogP contribution in [0.1, 0.15) is 32.1 Å². The fraction of sp³-hybridized carbons (Fsp3) is 0.444. The lowest BCUT2D eigenvalue weighted by Crippen LogP contribution is -2.20. The maximum absolute atomic E-state index is 12.4. The van der Waals surface area contributed by atoms with Crippen LogP contribution in [0.25, 0.3) is 11.5 Å². The van der Waals surface area contributed by atoms with Crippen molar-refractivity contribution in [3.8, 4) is 11.5 Å². The molecule has 3 atom stereocenters. The Kier molecular flexibility index (Phi) is 3.45. The summed E-state index contributed by atoms with van der Waals surface area (Å²) in [5.41, 5.74) is 1.60. The molecule has 0 saturated heterocycles. The van der Waals surface area contributed by atoms with Crippen LogP contribution < -0.4 is 5.32 Å². The summed E-state index contributed by atoms with van der Waals surface area (Å²) < 4.78 is 5.35. The molecule has 2 bridgehead atoms. The number of hydrogen-bond acceptors (Lipinski definition) is 3. The molecule has 1 amide bonds. The summed E-state index contributed by atoms with van der Waals surface area (Å²) in [4.78, 5) is 16.6. The molecule has 3 unspecified atom stereocenters. The first kappa shape index (κ1) is 13.6. The third-order valence-corrected chi connectivity index (χ3v) is 5.20. The van der Waals surface area contributed by atoms with Crippen molar-refractivity contribution in [1.82, 2.24) is 4.98 Å². The van der Waals surface area contributed by atoms with Gasteiger partial charge in [-0.2, -0.15) is 0 Å². The number of carbonyl (C=O) groups excluding carboxylic acids is 1. The van der Waals surface area contributed by atoms with E-state index in [4.69, 9.17) is 4.42 Å². The van der Waals surface area contributed by atoms with Crippen LogP contribution in [0.3, 0.4) is 0 Å². The van der Waals surface area contributed by atoms with Crippen LogP contribution in [0.4, 0.5) is 5.69 Å². The molecule has 4 heteroatoms. The Morgan fingerprint density at radius 2 is 2.18 bits per heavy atom. The standard InChI is InChI=1S/C18H20N2O2/c21-17(11-14-10-12-5-6-13(14)9-12)20-16-4-2-1-3-15(16)18-19-7-8-22-18/h1-4,7-8,12-14H,5-6,9-11H2,(H,20,21). The molecule has 1 aromatic heterocycles. The predicted molar refractivity (Wildman–Crippen MR) is 84.1 cm³/mol. The summed E-state index contributed by atoms with van der Waals surface area (Å²) in [6.07, 6.45) is 9.06. The SMILES string of the molecule is O=C(CC1CC2CCC1C2)Nc1ccccc1-c1ncco1. The lowest BCUT2D eigenvalue weighted by molar-refractivity contribution is -0.117. The minimum Gasteiger partial charge on any atom is -0.444 e. The molecule has 4 rings (SSSR count). The molecule has 1 aromatic carbocycles. The Labute approximate surface area is 129 Å². The first-order valence-electron chi connectivity index (χ1n) is 8.08. The number of para-hydroxylation sites is 1. The molecule has 2 aliphatic carbocycles. The van der Waals surface area contributed by atoms with Crippen molar-refractivity contribution < 1.29 is 9.21 Å². The summed E-state index contributed by atoms with van der Waals surface area (Å²) >= 11 is 0. The Bertz CT molecular complexity index is 665. The molecule has 0 radical (unpaired) electrons. The summed E-state index contributed by atoms with van der Waals surface area (Å²) in [5.74, 6) is 2.88. The number of amides is 1. The second-order valence-electron chi connectivity index (χ2n) is 6.57. The zero-order valence-corrected chi connectivity index (χ0v) is 12.5. The van der Waals surface area contributed by atoms with E-state index in [1.165, 1.54) is 25.7 Å². The van der Waals surface area contributed by atoms with E-state index in [1.54, 1.807) is 12.5 Å². The van der Waals surface area contributed by atoms with Crippen molar-refractivity contribution >= 4 is 11.6 Å². The monoisotopic (exact) mass is 296 g/mol. The molecular weight excluding hydrogens is 276 g/mol. The molecular formula is C18H20N2O2. The average Bonchev–Trinajstić information content (AvgIpc) is 3.25. The fourth-order valence-electron chi connectivity index (χ4n) is 4.20. The molecule has 1 heterocycles. The van der Waals surface area contributed by atoms with E-state index < -0.39 is 0 Å². The van der Waals surface area contributed by atoms with E-state index in [9.17, 15) is 4.79 Å². The summed E-state index contributed by atoms with van der Waals surface area (Å²) in [7, 11) is 0. The third kappa shape index (κ3) is 2.54. The maximum atomic E-state index is 12.4. The van der Waals surface area contributed by atoms with E-state index in [2.05, 4.69) is 10.3 Å². The van der Waals surface area contributed by atoms with Crippen LogP contribution in [0.2, 0.25) is 0 Å². The van der Waals surface area contributed by atoms with Gasteiger partial charge in [-0.25, -0.2) is 4.98 Å². The lowest BCUT2D eigenvalue weighted by atomic mass is 9.86. The Morgan fingerprint density at radius 3 is 2.91 bits per heavy atom. The Balaban J connectivity index is 1.46. The maximum Gasteiger partial charge on any atom is 0.227 e. The molecule has 2 saturated carbocycles. The molecule has 2 fully saturated rings. The molecule has 2 aliphatic rings. The number of rotatable bonds is 4. The van der Waals surface area contributed by atoms with Crippen molar-refractivity contribution in [2.75, 3.05) is 5.32 Å². The molecule has 114 valence electrons. The number of nitrogens with zero attached hydrogens (tertiary/aromatic N) is 1. The largest absolute Gasteiger partial charge is 0.444 e. The fourth-order valence-corrected chi connectivity index (χ4v) is 4.20. The quantitative estimate of drug-likeness (QED) is 0.924. The number of aromatic nitrogens is 1. The number of nitrogens with one attached hydrogen (secondary N) is 1. The van der Waals surface area contributed by atoms with Crippen LogP contribution in [0.15, 0.2) is 41.1 Å². The first-order chi connectivity index (χ1) is 10.8. The van der Waals surface area contributed by atoms with Crippen molar-refractivity contribution in [3.05, 3.63) is 36.7 Å². The number of anilines is 1. The lowest BCUT2D eigenvalue weighted by Gasteiger charge is -2.21. The van der Waals surface area contributed by atoms with E-state index >= 15 is 0 Å². The van der Waals surface area contributed by atoms with E-state index in [-0.39, 0.29) is 5.91 Å². The molecule has 4 nitrogen and oxygen atoms in total. The highest BCUT2D eigenvalue weighted by Gasteiger charge is 2.40. The summed E-state index contributed by atoms with van der Waals surface area (Å²) in [5, 5.41) is 3.05. The van der Waals surface area contributed by atoms with Crippen molar-refractivity contribution in [3.63, 3.8) is 0 Å². The molecule has 1 N–H and O–H groups in total. The Morgan fingerprint density at radius 1 is 1.27 bits per heavy atom. The van der Waals surface area contributed by atoms with Crippen LogP contribution in [-0.4, -0.2) is 10.9 Å². The van der Waals surface area contributed by atoms with E-state index in [0.29, 0.717) is 18.2 Å². The van der Waals surface area contributed by atoms with Crippen LogP contribution in [-0.2, 0) is 4.79 Å². The minimum atomic E-state index is 0.108. The number of fused-ring (bicyclic) bond motifs is 2. The normalized spacial score (nSPS) is 26.3. The average molecular weight is 296 g/mol. The van der Waals surface area contributed by atoms with Crippen molar-refractivity contribution in [2.45, 2.75) is 32.1 Å². The van der Waals surface area contributed by atoms with E-state index in [1.807, 2.05) is 24.3 Å². The van der Waals surface area contributed by atoms with Crippen LogP contribution >= 0.6 is 0 Å². The topological polar surface area (TPSA) is 55.1 Å². The third-order valence-electron chi connectivity index (χ3n) is 5.20. The predicted octanol–water partition coefficient (Wildman–Crippen LogP) is 4.11. The van der Waals surface area contributed by atoms with Gasteiger partial charge in [-0.15, -0.1) is 0 Å². The van der Waals surface area contributed by atoms with Crippen molar-refractivity contribution in [1.29, 1.82) is 0 Å². The second kappa shape index (κ2) is 5.59. The van der Waals surface area contributed by atoms with Gasteiger partial charge in [-0.05, 0) is 49.1 Å². The Hall–Kier alpha value is -2.10. The van der Waals surface area contributed by atoms with Gasteiger partial charge in [-0.3, -0.25) is 4.79 Å². The number of carbonyl (C=O) groups is 1. The summed E-state index contributed by atoms with van der Waals surface area (Å²) in [6, 6.07) is 7.65. The molecule has 2 aromatic rings. The molecule has 0 aliphatic heterocycles. The number of hydrogen-bond donors (Lipinski definition) is 1. The first-order valence-corrected chi connectivity index (χ1v) is 8.08. The van der Waals surface area contributed by atoms with Gasteiger partial charge in [0.25, 0.3) is 0 Å². The van der Waals surface area contributed by atoms with E-state index in [0.717, 1.165) is 23.1 Å². The zero-order valence-electron chi connectivity index (χ0n) is 12.5. The highest BCUT2D eigenvalue weighted by atomic mass is 16.3. The van der Waals surface area contributed by atoms with Gasteiger partial charge in [0, 0.05) is 6.42 Å². The molecule has 22 heavy (non-hydrogen) atoms. The van der Waals surface area contributed by atoms with Gasteiger partial charge in [0.15, 0.2) is 0 Å². The van der Waals surface area contributed by atoms with Gasteiger partial charge < -0.3 is 9.73 Å². The van der Waals surface area contributed by atoms with Gasteiger partial charge in [-0.1, -0.05) is 18.6 Å². The zero-order chi connectivity index (χ0) is 14.9. The number of benzene rings is 1. The van der Waals surface area contributed by atoms with Crippen molar-refractivity contribution in [2.24, 2.45) is 17.8 Å². The highest BCUT2D eigenvalue weighted by molar-refractivity contribution is 5.94.